The van der Waals surface area contributed by atoms with Crippen molar-refractivity contribution in [2.45, 2.75) is 12.0 Å². The Balaban J connectivity index is 2.38. The minimum atomic E-state index is -1.41. The zero-order chi connectivity index (χ0) is 13.5. The Hall–Kier alpha value is -1.15. The van der Waals surface area contributed by atoms with E-state index in [1.165, 1.54) is 13.2 Å². The molecule has 0 bridgehead atoms. The van der Waals surface area contributed by atoms with Crippen molar-refractivity contribution in [2.75, 3.05) is 7.11 Å². The van der Waals surface area contributed by atoms with Crippen molar-refractivity contribution in [1.82, 2.24) is 0 Å². The second kappa shape index (κ2) is 4.51. The fourth-order valence-corrected chi connectivity index (χ4v) is 3.39. The first-order valence-electron chi connectivity index (χ1n) is 4.77. The van der Waals surface area contributed by atoms with Crippen LogP contribution < -0.4 is 0 Å². The summed E-state index contributed by atoms with van der Waals surface area (Å²) < 4.78 is 5.73. The van der Waals surface area contributed by atoms with Crippen molar-refractivity contribution in [3.05, 3.63) is 20.8 Å². The molecule has 0 saturated heterocycles. The van der Waals surface area contributed by atoms with Gasteiger partial charge in [0.2, 0.25) is 11.4 Å². The zero-order valence-electron chi connectivity index (χ0n) is 9.07. The lowest BCUT2D eigenvalue weighted by Crippen LogP contribution is -2.40. The highest BCUT2D eigenvalue weighted by Gasteiger charge is 2.50. The molecule has 6 nitrogen and oxygen atoms in total. The van der Waals surface area contributed by atoms with Crippen LogP contribution in [0.15, 0.2) is 26.0 Å². The number of rotatable bonds is 2. The topological polar surface area (TPSA) is 85.2 Å². The fraction of sp³-hybridized carbons (Fsp3) is 0.300. The Labute approximate surface area is 119 Å². The van der Waals surface area contributed by atoms with Crippen LogP contribution >= 0.6 is 31.9 Å². The number of carbonyl (C=O) groups excluding carboxylic acids is 1. The van der Waals surface area contributed by atoms with Crippen molar-refractivity contribution < 1.29 is 24.3 Å². The van der Waals surface area contributed by atoms with Gasteiger partial charge in [-0.3, -0.25) is 4.79 Å². The average Bonchev–Trinajstić information content (AvgIpc) is 2.72. The summed E-state index contributed by atoms with van der Waals surface area (Å²) in [4.78, 5) is 28.0. The van der Waals surface area contributed by atoms with Gasteiger partial charge >= 0.3 is 5.97 Å². The molecule has 96 valence electrons. The third-order valence-corrected chi connectivity index (χ3v) is 3.87. The van der Waals surface area contributed by atoms with Gasteiger partial charge in [0.15, 0.2) is 11.5 Å². The molecule has 2 rings (SSSR count). The van der Waals surface area contributed by atoms with Crippen LogP contribution in [0.4, 0.5) is 0 Å². The van der Waals surface area contributed by atoms with Crippen LogP contribution in [0.1, 0.15) is 6.42 Å². The number of ether oxygens (including phenoxy) is 1. The van der Waals surface area contributed by atoms with E-state index in [1.54, 1.807) is 0 Å². The largest absolute Gasteiger partial charge is 0.494 e. The Morgan fingerprint density at radius 1 is 1.61 bits per heavy atom. The summed E-state index contributed by atoms with van der Waals surface area (Å²) in [7, 11) is 1.42. The molecule has 0 unspecified atom stereocenters. The van der Waals surface area contributed by atoms with E-state index >= 15 is 0 Å². The molecular formula is C10H7Br2NO5. The van der Waals surface area contributed by atoms with Gasteiger partial charge in [0.1, 0.15) is 4.48 Å². The first kappa shape index (κ1) is 13.3. The summed E-state index contributed by atoms with van der Waals surface area (Å²) in [6.07, 6.45) is 1.33. The Kier molecular flexibility index (Phi) is 3.33. The molecule has 8 heteroatoms. The number of Topliss-reactive ketones (excluding diaryl/α,β-unsaturated/α-hetero) is 1. The van der Waals surface area contributed by atoms with Crippen molar-refractivity contribution in [2.24, 2.45) is 5.16 Å². The molecule has 1 heterocycles. The molecule has 0 aromatic rings. The molecule has 0 fully saturated rings. The lowest BCUT2D eigenvalue weighted by Gasteiger charge is -2.26. The van der Waals surface area contributed by atoms with Gasteiger partial charge in [0.25, 0.3) is 0 Å². The lowest BCUT2D eigenvalue weighted by molar-refractivity contribution is -0.131. The fourth-order valence-electron chi connectivity index (χ4n) is 1.68. The van der Waals surface area contributed by atoms with Crippen LogP contribution in [0.5, 0.6) is 0 Å². The molecule has 0 saturated carbocycles. The number of allylic oxidation sites excluding steroid dienone is 1. The van der Waals surface area contributed by atoms with Crippen LogP contribution in [-0.2, 0) is 19.2 Å². The number of ketones is 1. The monoisotopic (exact) mass is 379 g/mol. The van der Waals surface area contributed by atoms with E-state index in [0.29, 0.717) is 10.2 Å². The normalized spacial score (nSPS) is 26.9. The van der Waals surface area contributed by atoms with Crippen molar-refractivity contribution in [3.63, 3.8) is 0 Å². The van der Waals surface area contributed by atoms with Crippen molar-refractivity contribution in [1.29, 1.82) is 0 Å². The number of hydrogen-bond acceptors (Lipinski definition) is 5. The van der Waals surface area contributed by atoms with E-state index in [0.717, 1.165) is 0 Å². The number of nitrogens with zero attached hydrogens (tertiary/aromatic N) is 1. The van der Waals surface area contributed by atoms with Crippen LogP contribution in [0.2, 0.25) is 0 Å². The smallest absolute Gasteiger partial charge is 0.353 e. The standard InChI is InChI=1S/C10H7Br2NO5/c1-17-7-4(11)2-10(8(14)6(7)12)3-5(9(15)16)13-18-10/h2H,3H2,1H3,(H,15,16)/t10-/m1/s1. The molecule has 1 spiro atoms. The maximum Gasteiger partial charge on any atom is 0.353 e. The third-order valence-electron chi connectivity index (χ3n) is 2.56. The molecule has 1 aliphatic heterocycles. The number of oxime groups is 1. The maximum absolute atomic E-state index is 12.2. The second-order valence-electron chi connectivity index (χ2n) is 3.67. The van der Waals surface area contributed by atoms with Crippen molar-refractivity contribution in [3.8, 4) is 0 Å². The highest BCUT2D eigenvalue weighted by molar-refractivity contribution is 9.12. The molecule has 18 heavy (non-hydrogen) atoms. The molecule has 1 N–H and O–H groups in total. The molecule has 0 radical (unpaired) electrons. The average molecular weight is 381 g/mol. The van der Waals surface area contributed by atoms with Crippen molar-refractivity contribution >= 4 is 49.3 Å². The van der Waals surface area contributed by atoms with Gasteiger partial charge in [-0.1, -0.05) is 5.16 Å². The molecule has 2 aliphatic rings. The highest BCUT2D eigenvalue weighted by atomic mass is 79.9. The minimum absolute atomic E-state index is 0.123. The number of halogens is 2. The SMILES string of the molecule is COC1=C(Br)C(=O)[C@@]2(C=C1Br)CC(C(=O)O)=NO2. The maximum atomic E-state index is 12.2. The van der Waals surface area contributed by atoms with E-state index in [1.807, 2.05) is 0 Å². The molecule has 1 aliphatic carbocycles. The Morgan fingerprint density at radius 3 is 2.78 bits per heavy atom. The first-order chi connectivity index (χ1) is 8.41. The number of aliphatic carboxylic acids is 1. The summed E-state index contributed by atoms with van der Waals surface area (Å²) in [6.45, 7) is 0. The van der Waals surface area contributed by atoms with Crippen LogP contribution in [-0.4, -0.2) is 35.3 Å². The second-order valence-corrected chi connectivity index (χ2v) is 5.32. The van der Waals surface area contributed by atoms with Gasteiger partial charge in [0.05, 0.1) is 18.0 Å². The third kappa shape index (κ3) is 1.89. The lowest BCUT2D eigenvalue weighted by atomic mass is 9.88. The first-order valence-corrected chi connectivity index (χ1v) is 6.35. The minimum Gasteiger partial charge on any atom is -0.494 e. The van der Waals surface area contributed by atoms with Gasteiger partial charge in [-0.15, -0.1) is 0 Å². The summed E-state index contributed by atoms with van der Waals surface area (Å²) in [5.74, 6) is -1.30. The van der Waals surface area contributed by atoms with Crippen LogP contribution in [0.3, 0.4) is 0 Å². The van der Waals surface area contributed by atoms with E-state index in [4.69, 9.17) is 14.7 Å². The highest BCUT2D eigenvalue weighted by Crippen LogP contribution is 2.41. The molecule has 0 aromatic heterocycles. The number of hydrogen-bond donors (Lipinski definition) is 1. The van der Waals surface area contributed by atoms with E-state index in [-0.39, 0.29) is 16.6 Å². The van der Waals surface area contributed by atoms with Gasteiger partial charge in [-0.05, 0) is 37.9 Å². The number of methoxy groups -OCH3 is 1. The Morgan fingerprint density at radius 2 is 2.28 bits per heavy atom. The van der Waals surface area contributed by atoms with Crippen LogP contribution in [0.25, 0.3) is 0 Å². The summed E-state index contributed by atoms with van der Waals surface area (Å²) in [5, 5.41) is 12.3. The van der Waals surface area contributed by atoms with Gasteiger partial charge in [0, 0.05) is 0 Å². The number of carboxylic acids is 1. The van der Waals surface area contributed by atoms with Gasteiger partial charge < -0.3 is 14.7 Å². The summed E-state index contributed by atoms with van der Waals surface area (Å²) >= 11 is 6.36. The van der Waals surface area contributed by atoms with E-state index < -0.39 is 17.4 Å². The predicted octanol–water partition coefficient (Wildman–Crippen LogP) is 1.70. The van der Waals surface area contributed by atoms with Gasteiger partial charge in [-0.25, -0.2) is 4.79 Å². The number of carbonyl (C=O) groups is 2. The summed E-state index contributed by atoms with van der Waals surface area (Å²) in [5.41, 5.74) is -1.60. The predicted molar refractivity (Wildman–Crippen MR) is 68.5 cm³/mol. The molecular weight excluding hydrogens is 374 g/mol. The van der Waals surface area contributed by atoms with E-state index in [2.05, 4.69) is 37.0 Å². The number of carboxylic acid groups (broad SMARTS) is 1. The quantitative estimate of drug-likeness (QED) is 0.788. The molecule has 0 amide bonds. The van der Waals surface area contributed by atoms with Crippen LogP contribution in [0, 0.1) is 0 Å². The van der Waals surface area contributed by atoms with Gasteiger partial charge in [-0.2, -0.15) is 0 Å². The zero-order valence-corrected chi connectivity index (χ0v) is 12.2. The molecule has 1 atom stereocenters. The Bertz CT molecular complexity index is 536. The summed E-state index contributed by atoms with van der Waals surface area (Å²) in [6, 6.07) is 0. The van der Waals surface area contributed by atoms with E-state index in [9.17, 15) is 9.59 Å². The molecule has 0 aromatic carbocycles.